The number of carbonyl (C=O) groups excluding carboxylic acids is 2. The minimum Gasteiger partial charge on any atom is -0.462 e. The van der Waals surface area contributed by atoms with Crippen LogP contribution < -0.4 is 5.73 Å². The van der Waals surface area contributed by atoms with E-state index >= 15 is 0 Å². The second-order valence-corrected chi connectivity index (χ2v) is 17.8. The number of rotatable bonds is 46. The number of nitrogens with two attached hydrogens (primary N) is 1. The quantitative estimate of drug-likeness (QED) is 0.0266. The Morgan fingerprint density at radius 1 is 0.509 bits per heavy atom. The summed E-state index contributed by atoms with van der Waals surface area (Å²) >= 11 is 0. The smallest absolute Gasteiger partial charge is 0.462 e. The molecule has 0 fully saturated rings. The van der Waals surface area contributed by atoms with Crippen molar-refractivity contribution in [1.29, 1.82) is 0 Å². The van der Waals surface area contributed by atoms with Crippen molar-refractivity contribution in [2.24, 2.45) is 5.73 Å². The fraction of sp³-hybridized carbons (Fsp3) is 0.915. The van der Waals surface area contributed by atoms with Crippen molar-refractivity contribution < 1.29 is 37.6 Å². The average molecular weight is 830 g/mol. The zero-order valence-electron chi connectivity index (χ0n) is 37.3. The summed E-state index contributed by atoms with van der Waals surface area (Å²) in [5.41, 5.74) is 5.35. The Morgan fingerprint density at radius 2 is 0.895 bits per heavy atom. The SMILES string of the molecule is CCCCCCCCCCCCC/C=C/CCC(=O)O[C@@H](COC(=O)CCCCCCCCCCCCCCCCCCCCCCC)COP(=O)(O)OCCN. The molecule has 2 atom stereocenters. The molecule has 0 spiro atoms. The highest BCUT2D eigenvalue weighted by atomic mass is 31.2. The normalized spacial score (nSPS) is 13.3. The number of phosphoric ester groups is 1. The van der Waals surface area contributed by atoms with Gasteiger partial charge in [-0.1, -0.05) is 219 Å². The topological polar surface area (TPSA) is 134 Å². The molecule has 57 heavy (non-hydrogen) atoms. The Hall–Kier alpha value is -1.25. The number of hydrogen-bond donors (Lipinski definition) is 2. The highest BCUT2D eigenvalue weighted by Crippen LogP contribution is 2.43. The minimum absolute atomic E-state index is 0.0518. The molecular formula is C47H92NO8P. The van der Waals surface area contributed by atoms with Gasteiger partial charge in [0.05, 0.1) is 13.2 Å². The fourth-order valence-corrected chi connectivity index (χ4v) is 7.83. The second kappa shape index (κ2) is 44.3. The molecule has 1 unspecified atom stereocenters. The van der Waals surface area contributed by atoms with Gasteiger partial charge in [-0.3, -0.25) is 18.6 Å². The van der Waals surface area contributed by atoms with E-state index in [2.05, 4.69) is 19.9 Å². The van der Waals surface area contributed by atoms with Crippen LogP contribution in [0, 0.1) is 0 Å². The molecule has 0 saturated heterocycles. The van der Waals surface area contributed by atoms with Gasteiger partial charge in [0, 0.05) is 19.4 Å². The third-order valence-electron chi connectivity index (χ3n) is 10.7. The monoisotopic (exact) mass is 830 g/mol. The van der Waals surface area contributed by atoms with E-state index in [1.807, 2.05) is 6.08 Å². The molecule has 10 heteroatoms. The van der Waals surface area contributed by atoms with Crippen LogP contribution in [0.1, 0.15) is 245 Å². The van der Waals surface area contributed by atoms with Crippen LogP contribution in [0.15, 0.2) is 12.2 Å². The third-order valence-corrected chi connectivity index (χ3v) is 11.6. The molecule has 0 aliphatic heterocycles. The largest absolute Gasteiger partial charge is 0.472 e. The van der Waals surface area contributed by atoms with E-state index in [0.29, 0.717) is 6.42 Å². The van der Waals surface area contributed by atoms with Crippen molar-refractivity contribution >= 4 is 19.8 Å². The van der Waals surface area contributed by atoms with Gasteiger partial charge < -0.3 is 20.1 Å². The van der Waals surface area contributed by atoms with Gasteiger partial charge in [0.2, 0.25) is 0 Å². The Labute approximate surface area is 351 Å². The van der Waals surface area contributed by atoms with E-state index in [9.17, 15) is 19.0 Å². The van der Waals surface area contributed by atoms with Crippen molar-refractivity contribution in [3.05, 3.63) is 12.2 Å². The van der Waals surface area contributed by atoms with Crippen LogP contribution in [0.25, 0.3) is 0 Å². The molecule has 0 aromatic heterocycles. The van der Waals surface area contributed by atoms with Gasteiger partial charge in [0.1, 0.15) is 6.61 Å². The number of hydrogen-bond acceptors (Lipinski definition) is 8. The molecule has 0 heterocycles. The summed E-state index contributed by atoms with van der Waals surface area (Å²) in [7, 11) is -4.38. The number of phosphoric acid groups is 1. The number of esters is 2. The summed E-state index contributed by atoms with van der Waals surface area (Å²) in [6, 6.07) is 0. The summed E-state index contributed by atoms with van der Waals surface area (Å²) in [5, 5.41) is 0. The fourth-order valence-electron chi connectivity index (χ4n) is 7.07. The first-order valence-electron chi connectivity index (χ1n) is 24.2. The third kappa shape index (κ3) is 44.1. The van der Waals surface area contributed by atoms with Gasteiger partial charge in [-0.25, -0.2) is 4.57 Å². The maximum Gasteiger partial charge on any atom is 0.472 e. The molecule has 0 saturated carbocycles. The van der Waals surface area contributed by atoms with Gasteiger partial charge in [-0.15, -0.1) is 0 Å². The molecule has 0 rings (SSSR count). The van der Waals surface area contributed by atoms with Crippen LogP contribution in [-0.4, -0.2) is 49.3 Å². The van der Waals surface area contributed by atoms with E-state index in [-0.39, 0.29) is 38.6 Å². The van der Waals surface area contributed by atoms with E-state index in [1.165, 1.54) is 180 Å². The van der Waals surface area contributed by atoms with Crippen molar-refractivity contribution in [2.75, 3.05) is 26.4 Å². The molecule has 3 N–H and O–H groups in total. The molecule has 0 aliphatic carbocycles. The number of allylic oxidation sites excluding steroid dienone is 2. The summed E-state index contributed by atoms with van der Waals surface area (Å²) in [6.45, 7) is 3.74. The lowest BCUT2D eigenvalue weighted by molar-refractivity contribution is -0.161. The van der Waals surface area contributed by atoms with Crippen molar-refractivity contribution in [1.82, 2.24) is 0 Å². The van der Waals surface area contributed by atoms with Crippen LogP contribution in [0.5, 0.6) is 0 Å². The Morgan fingerprint density at radius 3 is 1.32 bits per heavy atom. The average Bonchev–Trinajstić information content (AvgIpc) is 3.20. The molecule has 9 nitrogen and oxygen atoms in total. The predicted molar refractivity (Wildman–Crippen MR) is 238 cm³/mol. The van der Waals surface area contributed by atoms with Gasteiger partial charge in [-0.05, 0) is 25.7 Å². The van der Waals surface area contributed by atoms with Crippen molar-refractivity contribution in [3.8, 4) is 0 Å². The highest BCUT2D eigenvalue weighted by Gasteiger charge is 2.25. The zero-order chi connectivity index (χ0) is 41.8. The van der Waals surface area contributed by atoms with Crippen LogP contribution in [0.3, 0.4) is 0 Å². The summed E-state index contributed by atoms with van der Waals surface area (Å²) in [4.78, 5) is 34.9. The number of carbonyl (C=O) groups is 2. The van der Waals surface area contributed by atoms with Crippen LogP contribution in [0.4, 0.5) is 0 Å². The molecule has 0 amide bonds. The van der Waals surface area contributed by atoms with Crippen molar-refractivity contribution in [3.63, 3.8) is 0 Å². The van der Waals surface area contributed by atoms with Gasteiger partial charge >= 0.3 is 19.8 Å². The lowest BCUT2D eigenvalue weighted by atomic mass is 10.0. The first-order chi connectivity index (χ1) is 27.8. The summed E-state index contributed by atoms with van der Waals surface area (Å²) in [5.74, 6) is -0.871. The molecule has 338 valence electrons. The number of unbranched alkanes of at least 4 members (excludes halogenated alkanes) is 31. The summed E-state index contributed by atoms with van der Waals surface area (Å²) < 4.78 is 32.8. The molecule has 0 aromatic rings. The molecule has 0 bridgehead atoms. The molecule has 0 radical (unpaired) electrons. The second-order valence-electron chi connectivity index (χ2n) is 16.3. The van der Waals surface area contributed by atoms with Gasteiger partial charge in [0.25, 0.3) is 0 Å². The van der Waals surface area contributed by atoms with E-state index < -0.39 is 26.5 Å². The van der Waals surface area contributed by atoms with E-state index in [1.54, 1.807) is 0 Å². The Kier molecular flexibility index (Phi) is 43.3. The summed E-state index contributed by atoms with van der Waals surface area (Å²) in [6.07, 6.45) is 46.9. The first kappa shape index (κ1) is 55.8. The molecule has 0 aliphatic rings. The lowest BCUT2D eigenvalue weighted by Gasteiger charge is -2.19. The van der Waals surface area contributed by atoms with Gasteiger partial charge in [0.15, 0.2) is 6.10 Å². The first-order valence-corrected chi connectivity index (χ1v) is 25.7. The maximum absolute atomic E-state index is 12.6. The maximum atomic E-state index is 12.6. The molecule has 0 aromatic carbocycles. The van der Waals surface area contributed by atoms with E-state index in [0.717, 1.165) is 32.1 Å². The minimum atomic E-state index is -4.38. The highest BCUT2D eigenvalue weighted by molar-refractivity contribution is 7.47. The lowest BCUT2D eigenvalue weighted by Crippen LogP contribution is -2.29. The van der Waals surface area contributed by atoms with Gasteiger partial charge in [-0.2, -0.15) is 0 Å². The predicted octanol–water partition coefficient (Wildman–Crippen LogP) is 14.2. The standard InChI is InChI=1S/C47H92NO8P/c1-3-5-7-9-11-13-15-17-19-20-21-22-23-24-26-27-29-31-33-35-37-39-46(49)53-43-45(44-55-57(51,52)54-42-41-48)56-47(50)40-38-36-34-32-30-28-25-18-16-14-12-10-8-6-4-2/h34,36,45H,3-33,35,37-44,48H2,1-2H3,(H,51,52)/b36-34+/t45-/m0/s1. The van der Waals surface area contributed by atoms with Crippen LogP contribution in [0.2, 0.25) is 0 Å². The van der Waals surface area contributed by atoms with E-state index in [4.69, 9.17) is 24.3 Å². The number of ether oxygens (including phenoxy) is 2. The van der Waals surface area contributed by atoms with Crippen molar-refractivity contribution in [2.45, 2.75) is 251 Å². The Bertz CT molecular complexity index is 948. The zero-order valence-corrected chi connectivity index (χ0v) is 38.2. The van der Waals surface area contributed by atoms with Crippen LogP contribution in [-0.2, 0) is 32.7 Å². The van der Waals surface area contributed by atoms with Crippen LogP contribution >= 0.6 is 7.82 Å². The molecular weight excluding hydrogens is 737 g/mol. The Balaban J connectivity index is 4.04.